The molecule has 82 valence electrons. The minimum absolute atomic E-state index is 0.142. The summed E-state index contributed by atoms with van der Waals surface area (Å²) in [6, 6.07) is 0.534. The summed E-state index contributed by atoms with van der Waals surface area (Å²) in [5.74, 6) is 0. The van der Waals surface area contributed by atoms with Gasteiger partial charge in [-0.2, -0.15) is 0 Å². The molecule has 1 aliphatic heterocycles. The van der Waals surface area contributed by atoms with Gasteiger partial charge < -0.3 is 0 Å². The van der Waals surface area contributed by atoms with Gasteiger partial charge in [0.15, 0.2) is 0 Å². The first-order chi connectivity index (χ1) is 6.50. The zero-order valence-corrected chi connectivity index (χ0v) is 10.3. The van der Waals surface area contributed by atoms with Gasteiger partial charge in [0.2, 0.25) is 0 Å². The smallest absolute Gasteiger partial charge is 0.0564 e. The Labute approximate surface area is 88.4 Å². The minimum Gasteiger partial charge on any atom is -0.296 e. The number of nitrogens with zero attached hydrogens (tertiary/aromatic N) is 2. The van der Waals surface area contributed by atoms with Crippen LogP contribution in [0.3, 0.4) is 0 Å². The van der Waals surface area contributed by atoms with Crippen LogP contribution in [0.2, 0.25) is 0 Å². The Morgan fingerprint density at radius 1 is 1.43 bits per heavy atom. The van der Waals surface area contributed by atoms with E-state index in [0.29, 0.717) is 6.04 Å². The van der Waals surface area contributed by atoms with Gasteiger partial charge in [-0.1, -0.05) is 13.8 Å². The second kappa shape index (κ2) is 4.43. The highest BCUT2D eigenvalue weighted by Gasteiger charge is 2.27. The summed E-state index contributed by atoms with van der Waals surface area (Å²) < 4.78 is 0. The fourth-order valence-electron chi connectivity index (χ4n) is 2.17. The van der Waals surface area contributed by atoms with E-state index in [9.17, 15) is 0 Å². The molecule has 14 heavy (non-hydrogen) atoms. The molecule has 0 aromatic carbocycles. The van der Waals surface area contributed by atoms with Crippen molar-refractivity contribution < 1.29 is 0 Å². The van der Waals surface area contributed by atoms with Gasteiger partial charge in [-0.25, -0.2) is 0 Å². The zero-order valence-electron chi connectivity index (χ0n) is 10.3. The van der Waals surface area contributed by atoms with Gasteiger partial charge in [0.1, 0.15) is 0 Å². The molecule has 2 nitrogen and oxygen atoms in total. The molecule has 0 amide bonds. The normalized spacial score (nSPS) is 28.4. The zero-order chi connectivity index (χ0) is 10.8. The van der Waals surface area contributed by atoms with Crippen molar-refractivity contribution >= 4 is 5.71 Å². The minimum atomic E-state index is 0.142. The lowest BCUT2D eigenvalue weighted by Crippen LogP contribution is -2.38. The molecule has 1 unspecified atom stereocenters. The number of rotatable bonds is 2. The van der Waals surface area contributed by atoms with Crippen LogP contribution in [0, 0.1) is 0 Å². The van der Waals surface area contributed by atoms with Crippen molar-refractivity contribution in [1.29, 1.82) is 0 Å². The first-order valence-electron chi connectivity index (χ1n) is 5.83. The highest BCUT2D eigenvalue weighted by atomic mass is 15.2. The van der Waals surface area contributed by atoms with Crippen molar-refractivity contribution in [2.45, 2.75) is 59.0 Å². The van der Waals surface area contributed by atoms with Crippen LogP contribution in [0.1, 0.15) is 47.5 Å². The van der Waals surface area contributed by atoms with Gasteiger partial charge in [0.25, 0.3) is 0 Å². The van der Waals surface area contributed by atoms with E-state index in [4.69, 9.17) is 4.99 Å². The van der Waals surface area contributed by atoms with Crippen molar-refractivity contribution in [2.75, 3.05) is 13.1 Å². The van der Waals surface area contributed by atoms with Crippen LogP contribution in [0.5, 0.6) is 0 Å². The monoisotopic (exact) mass is 196 g/mol. The maximum atomic E-state index is 4.88. The second-order valence-corrected chi connectivity index (χ2v) is 4.82. The molecule has 1 aliphatic rings. The molecule has 1 atom stereocenters. The van der Waals surface area contributed by atoms with Crippen LogP contribution in [-0.4, -0.2) is 35.3 Å². The van der Waals surface area contributed by atoms with Gasteiger partial charge in [-0.15, -0.1) is 0 Å². The third-order valence-corrected chi connectivity index (χ3v) is 3.26. The Kier molecular flexibility index (Phi) is 3.71. The highest BCUT2D eigenvalue weighted by Crippen LogP contribution is 2.22. The third-order valence-electron chi connectivity index (χ3n) is 3.26. The van der Waals surface area contributed by atoms with E-state index in [1.807, 2.05) is 0 Å². The molecular formula is C12H24N2. The third kappa shape index (κ3) is 2.57. The molecule has 1 rings (SSSR count). The molecule has 1 heterocycles. The molecule has 0 saturated carbocycles. The van der Waals surface area contributed by atoms with E-state index in [-0.39, 0.29) is 5.54 Å². The topological polar surface area (TPSA) is 15.6 Å². The predicted octanol–water partition coefficient (Wildman–Crippen LogP) is 2.73. The number of hydrogen-bond donors (Lipinski definition) is 0. The fourth-order valence-corrected chi connectivity index (χ4v) is 2.17. The predicted molar refractivity (Wildman–Crippen MR) is 63.1 cm³/mol. The average molecular weight is 196 g/mol. The van der Waals surface area contributed by atoms with Crippen molar-refractivity contribution in [3.05, 3.63) is 0 Å². The number of hydrogen-bond acceptors (Lipinski definition) is 2. The molecule has 0 aliphatic carbocycles. The quantitative estimate of drug-likeness (QED) is 0.663. The van der Waals surface area contributed by atoms with Crippen molar-refractivity contribution in [2.24, 2.45) is 4.99 Å². The van der Waals surface area contributed by atoms with Crippen molar-refractivity contribution in [3.63, 3.8) is 0 Å². The maximum Gasteiger partial charge on any atom is 0.0564 e. The molecule has 0 N–H and O–H groups in total. The van der Waals surface area contributed by atoms with Crippen LogP contribution in [0.25, 0.3) is 0 Å². The standard InChI is InChI=1S/C12H24N2/c1-6-11-10(3)14(7-2)9-8-12(4,5)13-11/h10H,6-9H2,1-5H3. The van der Waals surface area contributed by atoms with E-state index < -0.39 is 0 Å². The molecule has 0 bridgehead atoms. The highest BCUT2D eigenvalue weighted by molar-refractivity contribution is 5.89. The van der Waals surface area contributed by atoms with Crippen LogP contribution in [-0.2, 0) is 0 Å². The first-order valence-corrected chi connectivity index (χ1v) is 5.83. The van der Waals surface area contributed by atoms with Crippen LogP contribution in [0.15, 0.2) is 4.99 Å². The lowest BCUT2D eigenvalue weighted by molar-refractivity contribution is 0.254. The van der Waals surface area contributed by atoms with E-state index in [0.717, 1.165) is 13.0 Å². The van der Waals surface area contributed by atoms with E-state index >= 15 is 0 Å². The summed E-state index contributed by atoms with van der Waals surface area (Å²) in [4.78, 5) is 7.41. The maximum absolute atomic E-state index is 4.88. The first kappa shape index (κ1) is 11.7. The molecule has 0 aromatic heterocycles. The summed E-state index contributed by atoms with van der Waals surface area (Å²) in [6.45, 7) is 13.5. The summed E-state index contributed by atoms with van der Waals surface area (Å²) in [5.41, 5.74) is 1.51. The van der Waals surface area contributed by atoms with Crippen molar-refractivity contribution in [1.82, 2.24) is 4.90 Å². The SMILES string of the molecule is CCC1=NC(C)(C)CCN(CC)C1C. The molecule has 0 aromatic rings. The number of aliphatic imine (C=N–C) groups is 1. The Bertz CT molecular complexity index is 218. The van der Waals surface area contributed by atoms with Gasteiger partial charge in [-0.3, -0.25) is 9.89 Å². The Balaban J connectivity index is 2.89. The molecule has 0 fully saturated rings. The van der Waals surface area contributed by atoms with E-state index in [1.54, 1.807) is 0 Å². The summed E-state index contributed by atoms with van der Waals surface area (Å²) in [7, 11) is 0. The van der Waals surface area contributed by atoms with Gasteiger partial charge in [0.05, 0.1) is 5.54 Å². The Morgan fingerprint density at radius 3 is 2.57 bits per heavy atom. The summed E-state index contributed by atoms with van der Waals surface area (Å²) >= 11 is 0. The lowest BCUT2D eigenvalue weighted by atomic mass is 10.0. The Morgan fingerprint density at radius 2 is 2.07 bits per heavy atom. The summed E-state index contributed by atoms with van der Waals surface area (Å²) in [6.07, 6.45) is 2.26. The second-order valence-electron chi connectivity index (χ2n) is 4.82. The lowest BCUT2D eigenvalue weighted by Gasteiger charge is -2.26. The van der Waals surface area contributed by atoms with Crippen LogP contribution in [0.4, 0.5) is 0 Å². The van der Waals surface area contributed by atoms with Crippen LogP contribution < -0.4 is 0 Å². The molecule has 2 heteroatoms. The van der Waals surface area contributed by atoms with Crippen LogP contribution >= 0.6 is 0 Å². The average Bonchev–Trinajstić information content (AvgIpc) is 2.24. The molecule has 0 radical (unpaired) electrons. The Hall–Kier alpha value is -0.370. The van der Waals surface area contributed by atoms with E-state index in [1.165, 1.54) is 18.7 Å². The largest absolute Gasteiger partial charge is 0.296 e. The van der Waals surface area contributed by atoms with Gasteiger partial charge >= 0.3 is 0 Å². The molecule has 0 saturated heterocycles. The molecule has 0 spiro atoms. The summed E-state index contributed by atoms with van der Waals surface area (Å²) in [5, 5.41) is 0. The fraction of sp³-hybridized carbons (Fsp3) is 0.917. The van der Waals surface area contributed by atoms with Crippen molar-refractivity contribution in [3.8, 4) is 0 Å². The molecular weight excluding hydrogens is 172 g/mol. The van der Waals surface area contributed by atoms with Gasteiger partial charge in [-0.05, 0) is 40.2 Å². The van der Waals surface area contributed by atoms with Gasteiger partial charge in [0, 0.05) is 18.3 Å². The van der Waals surface area contributed by atoms with E-state index in [2.05, 4.69) is 39.5 Å².